The second-order valence-electron chi connectivity index (χ2n) is 7.46. The minimum Gasteiger partial charge on any atom is -0.323 e. The van der Waals surface area contributed by atoms with Gasteiger partial charge in [0.2, 0.25) is 5.91 Å². The van der Waals surface area contributed by atoms with E-state index >= 15 is 0 Å². The van der Waals surface area contributed by atoms with E-state index in [1.165, 1.54) is 12.1 Å². The SMILES string of the molecule is CCCCC(CC)C(=O)c1ccc(NC(=O)C(C)(C)C)c(F)c1.O=S(=O)(O)O. The van der Waals surface area contributed by atoms with Crippen molar-refractivity contribution in [1.29, 1.82) is 0 Å². The van der Waals surface area contributed by atoms with Gasteiger partial charge in [-0.25, -0.2) is 4.39 Å². The van der Waals surface area contributed by atoms with Crippen LogP contribution >= 0.6 is 0 Å². The Balaban J connectivity index is 0.00000129. The summed E-state index contributed by atoms with van der Waals surface area (Å²) < 4.78 is 45.8. The second-order valence-corrected chi connectivity index (χ2v) is 8.35. The molecule has 0 saturated carbocycles. The Bertz CT molecular complexity index is 763. The van der Waals surface area contributed by atoms with Gasteiger partial charge in [-0.05, 0) is 31.0 Å². The molecule has 0 fully saturated rings. The van der Waals surface area contributed by atoms with E-state index in [2.05, 4.69) is 12.2 Å². The number of anilines is 1. The first-order valence-electron chi connectivity index (χ1n) is 9.05. The van der Waals surface area contributed by atoms with Gasteiger partial charge in [0, 0.05) is 16.9 Å². The van der Waals surface area contributed by atoms with Crippen LogP contribution < -0.4 is 5.32 Å². The fourth-order valence-corrected chi connectivity index (χ4v) is 2.29. The molecule has 0 aliphatic heterocycles. The molecule has 0 bridgehead atoms. The van der Waals surface area contributed by atoms with Crippen LogP contribution in [0.5, 0.6) is 0 Å². The van der Waals surface area contributed by atoms with Crippen LogP contribution in [0.1, 0.15) is 70.7 Å². The molecule has 1 amide bonds. The van der Waals surface area contributed by atoms with Crippen LogP contribution in [0.3, 0.4) is 0 Å². The van der Waals surface area contributed by atoms with Crippen LogP contribution in [0.25, 0.3) is 0 Å². The van der Waals surface area contributed by atoms with Gasteiger partial charge < -0.3 is 5.32 Å². The summed E-state index contributed by atoms with van der Waals surface area (Å²) in [5, 5.41) is 2.57. The minimum atomic E-state index is -4.67. The molecule has 7 nitrogen and oxygen atoms in total. The first-order valence-corrected chi connectivity index (χ1v) is 10.5. The highest BCUT2D eigenvalue weighted by Crippen LogP contribution is 2.24. The van der Waals surface area contributed by atoms with Crippen molar-refractivity contribution in [3.8, 4) is 0 Å². The summed E-state index contributed by atoms with van der Waals surface area (Å²) in [6.45, 7) is 9.35. The van der Waals surface area contributed by atoms with Gasteiger partial charge in [-0.3, -0.25) is 18.7 Å². The average Bonchev–Trinajstić information content (AvgIpc) is 2.54. The second kappa shape index (κ2) is 11.2. The summed E-state index contributed by atoms with van der Waals surface area (Å²) in [6, 6.07) is 4.30. The highest BCUT2D eigenvalue weighted by Gasteiger charge is 2.23. The number of halogens is 1. The molecule has 28 heavy (non-hydrogen) atoms. The van der Waals surface area contributed by atoms with Crippen molar-refractivity contribution in [3.63, 3.8) is 0 Å². The van der Waals surface area contributed by atoms with Crippen LogP contribution in [0.4, 0.5) is 10.1 Å². The highest BCUT2D eigenvalue weighted by molar-refractivity contribution is 7.79. The standard InChI is InChI=1S/C19H28FNO2.H2O4S/c1-6-8-9-13(7-2)17(22)14-10-11-16(15(20)12-14)21-18(23)19(3,4)5;1-5(2,3)4/h10-13H,6-9H2,1-5H3,(H,21,23);(H2,1,2,3,4). The van der Waals surface area contributed by atoms with Crippen molar-refractivity contribution in [1.82, 2.24) is 0 Å². The fourth-order valence-electron chi connectivity index (χ4n) is 2.29. The van der Waals surface area contributed by atoms with Gasteiger partial charge in [-0.1, -0.05) is 47.5 Å². The summed E-state index contributed by atoms with van der Waals surface area (Å²) in [5.74, 6) is -0.915. The minimum absolute atomic E-state index is 0.0199. The Kier molecular flexibility index (Phi) is 10.5. The summed E-state index contributed by atoms with van der Waals surface area (Å²) >= 11 is 0. The molecule has 1 rings (SSSR count). The molecule has 0 aromatic heterocycles. The lowest BCUT2D eigenvalue weighted by Gasteiger charge is -2.18. The van der Waals surface area contributed by atoms with Gasteiger partial charge in [0.15, 0.2) is 5.78 Å². The lowest BCUT2D eigenvalue weighted by molar-refractivity contribution is -0.123. The number of hydrogen-bond donors (Lipinski definition) is 3. The maximum atomic E-state index is 14.2. The van der Waals surface area contributed by atoms with Crippen molar-refractivity contribution in [2.75, 3.05) is 5.32 Å². The predicted octanol–water partition coefficient (Wildman–Crippen LogP) is 4.56. The zero-order valence-electron chi connectivity index (χ0n) is 17.0. The summed E-state index contributed by atoms with van der Waals surface area (Å²) in [5.41, 5.74) is -0.115. The number of carbonyl (C=O) groups is 2. The topological polar surface area (TPSA) is 121 Å². The fraction of sp³-hybridized carbons (Fsp3) is 0.579. The van der Waals surface area contributed by atoms with Crippen molar-refractivity contribution in [2.45, 2.75) is 60.3 Å². The van der Waals surface area contributed by atoms with Crippen LogP contribution in [0, 0.1) is 17.2 Å². The first kappa shape index (κ1) is 26.2. The highest BCUT2D eigenvalue weighted by atomic mass is 32.3. The van der Waals surface area contributed by atoms with Crippen molar-refractivity contribution < 1.29 is 31.5 Å². The number of Topliss-reactive ketones (excluding diaryl/α,β-unsaturated/α-hetero) is 1. The molecule has 0 aliphatic carbocycles. The number of unbranched alkanes of at least 4 members (excludes halogenated alkanes) is 1. The monoisotopic (exact) mass is 419 g/mol. The van der Waals surface area contributed by atoms with E-state index in [0.717, 1.165) is 25.7 Å². The van der Waals surface area contributed by atoms with Crippen LogP contribution in [-0.4, -0.2) is 29.2 Å². The Hall–Kier alpha value is -1.84. The quantitative estimate of drug-likeness (QED) is 0.440. The number of carbonyl (C=O) groups excluding carboxylic acids is 2. The number of benzene rings is 1. The van der Waals surface area contributed by atoms with Crippen molar-refractivity contribution >= 4 is 27.8 Å². The average molecular weight is 420 g/mol. The number of amides is 1. The van der Waals surface area contributed by atoms with Crippen LogP contribution in [0.15, 0.2) is 18.2 Å². The molecule has 160 valence electrons. The molecule has 0 spiro atoms. The zero-order chi connectivity index (χ0) is 22.1. The Morgan fingerprint density at radius 3 is 2.11 bits per heavy atom. The number of hydrogen-bond acceptors (Lipinski definition) is 4. The number of rotatable bonds is 7. The normalized spacial score (nSPS) is 12.6. The van der Waals surface area contributed by atoms with E-state index < -0.39 is 21.6 Å². The predicted molar refractivity (Wildman–Crippen MR) is 106 cm³/mol. The molecule has 0 radical (unpaired) electrons. The molecule has 1 aromatic rings. The Morgan fingerprint density at radius 1 is 1.18 bits per heavy atom. The van der Waals surface area contributed by atoms with Crippen molar-refractivity contribution in [3.05, 3.63) is 29.6 Å². The van der Waals surface area contributed by atoms with Gasteiger partial charge in [-0.15, -0.1) is 0 Å². The van der Waals surface area contributed by atoms with E-state index in [4.69, 9.17) is 17.5 Å². The smallest absolute Gasteiger partial charge is 0.323 e. The summed E-state index contributed by atoms with van der Waals surface area (Å²) in [4.78, 5) is 24.4. The zero-order valence-corrected chi connectivity index (χ0v) is 17.8. The molecule has 0 saturated heterocycles. The van der Waals surface area contributed by atoms with E-state index in [1.807, 2.05) is 6.92 Å². The molecular formula is C19H30FNO6S. The Morgan fingerprint density at radius 2 is 1.71 bits per heavy atom. The van der Waals surface area contributed by atoms with E-state index in [-0.39, 0.29) is 23.3 Å². The molecular weight excluding hydrogens is 389 g/mol. The summed E-state index contributed by atoms with van der Waals surface area (Å²) in [7, 11) is -4.67. The number of nitrogens with one attached hydrogen (secondary N) is 1. The lowest BCUT2D eigenvalue weighted by Crippen LogP contribution is -2.28. The van der Waals surface area contributed by atoms with Gasteiger partial charge >= 0.3 is 10.4 Å². The van der Waals surface area contributed by atoms with E-state index in [0.29, 0.717) is 5.56 Å². The van der Waals surface area contributed by atoms with Gasteiger partial charge in [0.25, 0.3) is 0 Å². The number of ketones is 1. The third-order valence-electron chi connectivity index (χ3n) is 3.95. The molecule has 1 aromatic carbocycles. The van der Waals surface area contributed by atoms with Gasteiger partial charge in [0.1, 0.15) is 5.82 Å². The third kappa shape index (κ3) is 10.5. The molecule has 1 atom stereocenters. The molecule has 0 aliphatic rings. The molecule has 3 N–H and O–H groups in total. The van der Waals surface area contributed by atoms with E-state index in [1.54, 1.807) is 26.8 Å². The molecule has 9 heteroatoms. The first-order chi connectivity index (χ1) is 12.7. The largest absolute Gasteiger partial charge is 0.394 e. The maximum absolute atomic E-state index is 14.2. The summed E-state index contributed by atoms with van der Waals surface area (Å²) in [6.07, 6.45) is 3.61. The van der Waals surface area contributed by atoms with Gasteiger partial charge in [-0.2, -0.15) is 8.42 Å². The Labute approximate surface area is 166 Å². The van der Waals surface area contributed by atoms with Gasteiger partial charge in [0.05, 0.1) is 5.69 Å². The van der Waals surface area contributed by atoms with E-state index in [9.17, 15) is 14.0 Å². The lowest BCUT2D eigenvalue weighted by atomic mass is 9.90. The third-order valence-corrected chi connectivity index (χ3v) is 3.95. The molecule has 1 unspecified atom stereocenters. The molecule has 0 heterocycles. The maximum Gasteiger partial charge on any atom is 0.394 e. The van der Waals surface area contributed by atoms with Crippen LogP contribution in [-0.2, 0) is 15.2 Å². The van der Waals surface area contributed by atoms with Crippen molar-refractivity contribution in [2.24, 2.45) is 11.3 Å². The van der Waals surface area contributed by atoms with Crippen LogP contribution in [0.2, 0.25) is 0 Å².